The molecule has 2 N–H and O–H groups in total. The van der Waals surface area contributed by atoms with Gasteiger partial charge in [-0.25, -0.2) is 4.98 Å². The van der Waals surface area contributed by atoms with E-state index in [1.807, 2.05) is 42.5 Å². The van der Waals surface area contributed by atoms with Gasteiger partial charge in [0.05, 0.1) is 11.7 Å². The summed E-state index contributed by atoms with van der Waals surface area (Å²) < 4.78 is 46.4. The smallest absolute Gasteiger partial charge is 0.439 e. The predicted octanol–water partition coefficient (Wildman–Crippen LogP) is 7.37. The molecule has 0 aliphatic rings. The fourth-order valence-electron chi connectivity index (χ4n) is 3.52. The Kier molecular flexibility index (Phi) is 7.88. The number of ether oxygens (including phenoxy) is 2. The zero-order valence-electron chi connectivity index (χ0n) is 19.9. The van der Waals surface area contributed by atoms with Gasteiger partial charge >= 0.3 is 6.36 Å². The molecule has 4 aromatic rings. The van der Waals surface area contributed by atoms with Crippen LogP contribution in [0.4, 0.5) is 18.9 Å². The summed E-state index contributed by atoms with van der Waals surface area (Å²) in [6, 6.07) is 22.1. The number of hydrazone groups is 1. The number of hydrogen-bond acceptors (Lipinski definition) is 5. The van der Waals surface area contributed by atoms with Crippen molar-refractivity contribution in [3.63, 3.8) is 0 Å². The lowest BCUT2D eigenvalue weighted by atomic mass is 10.0. The maximum absolute atomic E-state index is 12.3. The summed E-state index contributed by atoms with van der Waals surface area (Å²) in [4.78, 5) is 4.45. The van der Waals surface area contributed by atoms with Crippen molar-refractivity contribution in [3.05, 3.63) is 90.0 Å². The Hall–Kier alpha value is -4.18. The molecule has 0 aliphatic carbocycles. The van der Waals surface area contributed by atoms with Crippen molar-refractivity contribution in [2.24, 2.45) is 5.10 Å². The summed E-state index contributed by atoms with van der Waals surface area (Å²) in [7, 11) is 0. The lowest BCUT2D eigenvalue weighted by Crippen LogP contribution is -2.24. The molecule has 37 heavy (non-hydrogen) atoms. The van der Waals surface area contributed by atoms with Crippen LogP contribution in [0, 0.1) is 0 Å². The number of nitrogens with zero attached hydrogens (tertiary/aromatic N) is 2. The van der Waals surface area contributed by atoms with Crippen LogP contribution in [-0.4, -0.2) is 22.7 Å². The average molecular weight is 525 g/mol. The SMILES string of the molecule is CC(C)c1ccccc1NC(=S)N/N=C/c1ccc2nc(Oc3ccc(OC(F)(F)F)cc3)ccc2c1. The molecule has 0 fully saturated rings. The Balaban J connectivity index is 1.37. The van der Waals surface area contributed by atoms with E-state index in [2.05, 4.69) is 45.5 Å². The van der Waals surface area contributed by atoms with E-state index in [0.717, 1.165) is 22.2 Å². The number of pyridine rings is 1. The van der Waals surface area contributed by atoms with Crippen LogP contribution in [0.15, 0.2) is 84.0 Å². The molecule has 0 amide bonds. The van der Waals surface area contributed by atoms with Gasteiger partial charge in [0.2, 0.25) is 5.88 Å². The molecule has 4 rings (SSSR count). The molecule has 3 aromatic carbocycles. The molecule has 0 atom stereocenters. The van der Waals surface area contributed by atoms with Crippen LogP contribution in [0.25, 0.3) is 10.9 Å². The third-order valence-electron chi connectivity index (χ3n) is 5.18. The third-order valence-corrected chi connectivity index (χ3v) is 5.37. The van der Waals surface area contributed by atoms with E-state index in [0.29, 0.717) is 28.2 Å². The summed E-state index contributed by atoms with van der Waals surface area (Å²) in [6.45, 7) is 4.24. The number of anilines is 1. The maximum atomic E-state index is 12.3. The Morgan fingerprint density at radius 3 is 2.43 bits per heavy atom. The van der Waals surface area contributed by atoms with Crippen LogP contribution in [0.3, 0.4) is 0 Å². The lowest BCUT2D eigenvalue weighted by molar-refractivity contribution is -0.274. The minimum atomic E-state index is -4.75. The van der Waals surface area contributed by atoms with Crippen molar-refractivity contribution in [3.8, 4) is 17.4 Å². The Morgan fingerprint density at radius 2 is 1.70 bits per heavy atom. The fraction of sp³-hybridized carbons (Fsp3) is 0.148. The quantitative estimate of drug-likeness (QED) is 0.149. The number of benzene rings is 3. The van der Waals surface area contributed by atoms with Crippen molar-refractivity contribution in [2.45, 2.75) is 26.1 Å². The van der Waals surface area contributed by atoms with Crippen molar-refractivity contribution in [2.75, 3.05) is 5.32 Å². The molecule has 1 aromatic heterocycles. The van der Waals surface area contributed by atoms with E-state index in [9.17, 15) is 13.2 Å². The number of rotatable bonds is 7. The minimum absolute atomic E-state index is 0.304. The summed E-state index contributed by atoms with van der Waals surface area (Å²) >= 11 is 5.36. The number of hydrogen-bond donors (Lipinski definition) is 2. The first-order chi connectivity index (χ1) is 17.7. The van der Waals surface area contributed by atoms with Crippen LogP contribution in [0.1, 0.15) is 30.9 Å². The number of para-hydroxylation sites is 1. The molecule has 0 radical (unpaired) electrons. The van der Waals surface area contributed by atoms with Crippen LogP contribution >= 0.6 is 12.2 Å². The third kappa shape index (κ3) is 7.40. The standard InChI is InChI=1S/C27H23F3N4O2S/c1-17(2)22-5-3-4-6-24(22)33-26(37)34-31-16-18-7-13-23-19(15-18)8-14-25(32-23)35-20-9-11-21(12-10-20)36-27(28,29)30/h3-17H,1-2H3,(H2,33,34,37)/b31-16+. The van der Waals surface area contributed by atoms with Gasteiger partial charge in [-0.3, -0.25) is 5.43 Å². The van der Waals surface area contributed by atoms with Crippen molar-refractivity contribution < 1.29 is 22.6 Å². The van der Waals surface area contributed by atoms with Crippen molar-refractivity contribution >= 4 is 40.1 Å². The summed E-state index contributed by atoms with van der Waals surface area (Å²) in [5.74, 6) is 0.660. The van der Waals surface area contributed by atoms with Gasteiger partial charge in [0.25, 0.3) is 0 Å². The van der Waals surface area contributed by atoms with Gasteiger partial charge in [-0.2, -0.15) is 5.10 Å². The van der Waals surface area contributed by atoms with Gasteiger partial charge in [-0.1, -0.05) is 38.1 Å². The number of nitrogens with one attached hydrogen (secondary N) is 2. The molecule has 0 unspecified atom stereocenters. The molecule has 0 saturated heterocycles. The summed E-state index contributed by atoms with van der Waals surface area (Å²) in [5, 5.41) is 8.63. The van der Waals surface area contributed by atoms with Crippen LogP contribution in [0.5, 0.6) is 17.4 Å². The Labute approximate surface area is 217 Å². The van der Waals surface area contributed by atoms with Gasteiger partial charge < -0.3 is 14.8 Å². The molecule has 0 saturated carbocycles. The number of fused-ring (bicyclic) bond motifs is 1. The minimum Gasteiger partial charge on any atom is -0.439 e. The molecular formula is C27H23F3N4O2S. The topological polar surface area (TPSA) is 67.8 Å². The Morgan fingerprint density at radius 1 is 0.973 bits per heavy atom. The fourth-order valence-corrected chi connectivity index (χ4v) is 3.69. The van der Waals surface area contributed by atoms with Crippen LogP contribution in [-0.2, 0) is 0 Å². The molecular weight excluding hydrogens is 501 g/mol. The highest BCUT2D eigenvalue weighted by Crippen LogP contribution is 2.28. The van der Waals surface area contributed by atoms with Crippen LogP contribution in [0.2, 0.25) is 0 Å². The zero-order valence-corrected chi connectivity index (χ0v) is 20.7. The van der Waals surface area contributed by atoms with Crippen molar-refractivity contribution in [1.82, 2.24) is 10.4 Å². The second-order valence-corrected chi connectivity index (χ2v) is 8.70. The van der Waals surface area contributed by atoms with Crippen LogP contribution < -0.4 is 20.2 Å². The van der Waals surface area contributed by atoms with Gasteiger partial charge in [0, 0.05) is 17.1 Å². The first kappa shape index (κ1) is 25.9. The first-order valence-electron chi connectivity index (χ1n) is 11.3. The molecule has 0 spiro atoms. The van der Waals surface area contributed by atoms with Gasteiger partial charge in [-0.15, -0.1) is 13.2 Å². The van der Waals surface area contributed by atoms with Gasteiger partial charge in [0.1, 0.15) is 11.5 Å². The average Bonchev–Trinajstić information content (AvgIpc) is 2.84. The number of thiocarbonyl (C=S) groups is 1. The maximum Gasteiger partial charge on any atom is 0.573 e. The van der Waals surface area contributed by atoms with Crippen molar-refractivity contribution in [1.29, 1.82) is 0 Å². The van der Waals surface area contributed by atoms with E-state index in [1.54, 1.807) is 12.3 Å². The normalized spacial score (nSPS) is 11.6. The highest BCUT2D eigenvalue weighted by Gasteiger charge is 2.31. The molecule has 0 aliphatic heterocycles. The largest absolute Gasteiger partial charge is 0.573 e. The highest BCUT2D eigenvalue weighted by atomic mass is 32.1. The Bertz CT molecular complexity index is 1420. The van der Waals surface area contributed by atoms with E-state index < -0.39 is 6.36 Å². The lowest BCUT2D eigenvalue weighted by Gasteiger charge is -2.14. The number of aromatic nitrogens is 1. The number of alkyl halides is 3. The second-order valence-electron chi connectivity index (χ2n) is 8.29. The van der Waals surface area contributed by atoms with E-state index in [4.69, 9.17) is 17.0 Å². The molecule has 10 heteroatoms. The van der Waals surface area contributed by atoms with E-state index >= 15 is 0 Å². The summed E-state index contributed by atoms with van der Waals surface area (Å²) in [5.41, 5.74) is 6.44. The molecule has 6 nitrogen and oxygen atoms in total. The zero-order chi connectivity index (χ0) is 26.4. The second kappa shape index (κ2) is 11.3. The predicted molar refractivity (Wildman–Crippen MR) is 142 cm³/mol. The van der Waals surface area contributed by atoms with Gasteiger partial charge in [0.15, 0.2) is 5.11 Å². The highest BCUT2D eigenvalue weighted by molar-refractivity contribution is 7.80. The molecule has 0 bridgehead atoms. The number of halogens is 3. The van der Waals surface area contributed by atoms with Gasteiger partial charge in [-0.05, 0) is 77.8 Å². The summed E-state index contributed by atoms with van der Waals surface area (Å²) in [6.07, 6.45) is -3.10. The molecule has 1 heterocycles. The van der Waals surface area contributed by atoms with E-state index in [1.165, 1.54) is 24.3 Å². The monoisotopic (exact) mass is 524 g/mol. The van der Waals surface area contributed by atoms with E-state index in [-0.39, 0.29) is 5.75 Å². The molecule has 190 valence electrons. The first-order valence-corrected chi connectivity index (χ1v) is 11.7.